The molecule has 1 unspecified atom stereocenters. The predicted molar refractivity (Wildman–Crippen MR) is 97.4 cm³/mol. The Morgan fingerprint density at radius 3 is 3.04 bits per heavy atom. The zero-order valence-electron chi connectivity index (χ0n) is 14.6. The highest BCUT2D eigenvalue weighted by atomic mass is 32.2. The number of aromatic nitrogens is 2. The minimum absolute atomic E-state index is 0.0209. The molecular weight excluding hydrogens is 322 g/mol. The quantitative estimate of drug-likeness (QED) is 0.908. The molecule has 2 aliphatic heterocycles. The number of nitrogens with zero attached hydrogens (tertiary/aromatic N) is 3. The van der Waals surface area contributed by atoms with Gasteiger partial charge in [0.05, 0.1) is 25.3 Å². The van der Waals surface area contributed by atoms with Crippen molar-refractivity contribution in [1.82, 2.24) is 14.7 Å². The van der Waals surface area contributed by atoms with E-state index in [0.717, 1.165) is 42.2 Å². The van der Waals surface area contributed by atoms with Gasteiger partial charge < -0.3 is 10.0 Å². The van der Waals surface area contributed by atoms with E-state index in [0.29, 0.717) is 12.0 Å². The van der Waals surface area contributed by atoms with Crippen molar-refractivity contribution in [2.45, 2.75) is 39.7 Å². The molecule has 5 nitrogen and oxygen atoms in total. The third kappa shape index (κ3) is 4.03. The highest BCUT2D eigenvalue weighted by Gasteiger charge is 2.31. The molecule has 3 heterocycles. The highest BCUT2D eigenvalue weighted by Crippen LogP contribution is 2.38. The van der Waals surface area contributed by atoms with E-state index < -0.39 is 0 Å². The second-order valence-electron chi connectivity index (χ2n) is 7.51. The topological polar surface area (TPSA) is 58.4 Å². The van der Waals surface area contributed by atoms with Crippen molar-refractivity contribution in [2.75, 3.05) is 25.4 Å². The summed E-state index contributed by atoms with van der Waals surface area (Å²) in [7, 11) is 0. The van der Waals surface area contributed by atoms with E-state index >= 15 is 0 Å². The molecule has 0 radical (unpaired) electrons. The van der Waals surface area contributed by atoms with Crippen molar-refractivity contribution >= 4 is 22.6 Å². The van der Waals surface area contributed by atoms with E-state index in [9.17, 15) is 4.79 Å². The van der Waals surface area contributed by atoms with Crippen LogP contribution >= 0.6 is 11.8 Å². The van der Waals surface area contributed by atoms with Gasteiger partial charge in [0.2, 0.25) is 5.91 Å². The second kappa shape index (κ2) is 7.31. The van der Waals surface area contributed by atoms with Crippen LogP contribution < -0.4 is 0 Å². The fourth-order valence-electron chi connectivity index (χ4n) is 3.37. The normalized spacial score (nSPS) is 23.9. The number of likely N-dealkylation sites (tertiary alicyclic amines) is 1. The van der Waals surface area contributed by atoms with Crippen molar-refractivity contribution in [3.05, 3.63) is 24.0 Å². The lowest BCUT2D eigenvalue weighted by atomic mass is 9.85. The molecule has 0 spiro atoms. The van der Waals surface area contributed by atoms with E-state index in [-0.39, 0.29) is 18.4 Å². The lowest BCUT2D eigenvalue weighted by Gasteiger charge is -2.25. The summed E-state index contributed by atoms with van der Waals surface area (Å²) in [5.74, 6) is 1.07. The predicted octanol–water partition coefficient (Wildman–Crippen LogP) is 2.62. The summed E-state index contributed by atoms with van der Waals surface area (Å²) in [5.41, 5.74) is 1.39. The standard InChI is InChI=1S/C18H27N3O2S/c1-18(2)4-3-6-20(7-5-18)17(23)14-10-16(24-13-14)15-11-19-21(12-15)8-9-22/h10-12,14,22H,3-9,13H2,1-2H3. The summed E-state index contributed by atoms with van der Waals surface area (Å²) in [4.78, 5) is 16.1. The van der Waals surface area contributed by atoms with Crippen molar-refractivity contribution in [1.29, 1.82) is 0 Å². The number of amides is 1. The zero-order chi connectivity index (χ0) is 17.2. The Bertz CT molecular complexity index is 624. The van der Waals surface area contributed by atoms with E-state index in [1.165, 1.54) is 6.42 Å². The summed E-state index contributed by atoms with van der Waals surface area (Å²) in [6.07, 6.45) is 9.24. The summed E-state index contributed by atoms with van der Waals surface area (Å²) >= 11 is 1.73. The molecule has 132 valence electrons. The Labute approximate surface area is 148 Å². The molecule has 6 heteroatoms. The van der Waals surface area contributed by atoms with Gasteiger partial charge in [0.25, 0.3) is 0 Å². The summed E-state index contributed by atoms with van der Waals surface area (Å²) in [6.45, 7) is 6.96. The molecule has 0 aromatic carbocycles. The summed E-state index contributed by atoms with van der Waals surface area (Å²) in [6, 6.07) is 0. The first-order valence-corrected chi connectivity index (χ1v) is 9.74. The Morgan fingerprint density at radius 1 is 1.42 bits per heavy atom. The van der Waals surface area contributed by atoms with Gasteiger partial charge >= 0.3 is 0 Å². The largest absolute Gasteiger partial charge is 0.394 e. The SMILES string of the molecule is CC1(C)CCCN(C(=O)C2C=C(c3cnn(CCO)c3)SC2)CC1. The van der Waals surface area contributed by atoms with Crippen molar-refractivity contribution in [2.24, 2.45) is 11.3 Å². The smallest absolute Gasteiger partial charge is 0.230 e. The third-order valence-electron chi connectivity index (χ3n) is 4.99. The number of aliphatic hydroxyl groups is 1. The second-order valence-corrected chi connectivity index (χ2v) is 8.57. The van der Waals surface area contributed by atoms with Crippen LogP contribution in [0.4, 0.5) is 0 Å². The van der Waals surface area contributed by atoms with Crippen LogP contribution in [-0.2, 0) is 11.3 Å². The highest BCUT2D eigenvalue weighted by molar-refractivity contribution is 8.08. The number of thioether (sulfide) groups is 1. The average Bonchev–Trinajstić information content (AvgIpc) is 3.15. The number of hydrogen-bond acceptors (Lipinski definition) is 4. The van der Waals surface area contributed by atoms with Crippen molar-refractivity contribution < 1.29 is 9.90 Å². The molecule has 1 fully saturated rings. The van der Waals surface area contributed by atoms with Crippen LogP contribution in [0, 0.1) is 11.3 Å². The maximum Gasteiger partial charge on any atom is 0.230 e. The minimum atomic E-state index is -0.0209. The van der Waals surface area contributed by atoms with Gasteiger partial charge in [-0.05, 0) is 24.7 Å². The van der Waals surface area contributed by atoms with Gasteiger partial charge in [-0.2, -0.15) is 5.10 Å². The lowest BCUT2D eigenvalue weighted by Crippen LogP contribution is -2.36. The number of aliphatic hydroxyl groups excluding tert-OH is 1. The lowest BCUT2D eigenvalue weighted by molar-refractivity contribution is -0.133. The molecule has 1 N–H and O–H groups in total. The fourth-order valence-corrected chi connectivity index (χ4v) is 4.50. The van der Waals surface area contributed by atoms with Gasteiger partial charge in [0, 0.05) is 35.5 Å². The molecule has 1 aromatic heterocycles. The number of carbonyl (C=O) groups excluding carboxylic acids is 1. The van der Waals surface area contributed by atoms with Crippen molar-refractivity contribution in [3.8, 4) is 0 Å². The van der Waals surface area contributed by atoms with Crippen LogP contribution in [-0.4, -0.2) is 51.1 Å². The Morgan fingerprint density at radius 2 is 2.25 bits per heavy atom. The molecule has 3 rings (SSSR count). The van der Waals surface area contributed by atoms with Crippen LogP contribution in [0.5, 0.6) is 0 Å². The van der Waals surface area contributed by atoms with Gasteiger partial charge in [0.15, 0.2) is 0 Å². The zero-order valence-corrected chi connectivity index (χ0v) is 15.4. The fraction of sp³-hybridized carbons (Fsp3) is 0.667. The monoisotopic (exact) mass is 349 g/mol. The van der Waals surface area contributed by atoms with E-state index in [1.807, 2.05) is 12.4 Å². The third-order valence-corrected chi connectivity index (χ3v) is 6.20. The Balaban J connectivity index is 1.65. The van der Waals surface area contributed by atoms with Crippen LogP contribution in [0.15, 0.2) is 18.5 Å². The van der Waals surface area contributed by atoms with Crippen LogP contribution in [0.3, 0.4) is 0 Å². The van der Waals surface area contributed by atoms with E-state index in [1.54, 1.807) is 16.4 Å². The van der Waals surface area contributed by atoms with E-state index in [2.05, 4.69) is 29.9 Å². The Hall–Kier alpha value is -1.27. The maximum atomic E-state index is 12.9. The number of carbonyl (C=O) groups is 1. The molecule has 0 saturated carbocycles. The Kier molecular flexibility index (Phi) is 5.35. The summed E-state index contributed by atoms with van der Waals surface area (Å²) in [5, 5.41) is 13.2. The molecular formula is C18H27N3O2S. The minimum Gasteiger partial charge on any atom is -0.394 e. The van der Waals surface area contributed by atoms with Gasteiger partial charge in [-0.1, -0.05) is 19.9 Å². The average molecular weight is 350 g/mol. The first-order chi connectivity index (χ1) is 11.5. The molecule has 2 aliphatic rings. The van der Waals surface area contributed by atoms with E-state index in [4.69, 9.17) is 5.11 Å². The molecule has 1 saturated heterocycles. The molecule has 1 aromatic rings. The van der Waals surface area contributed by atoms with Crippen LogP contribution in [0.2, 0.25) is 0 Å². The van der Waals surface area contributed by atoms with Crippen LogP contribution in [0.25, 0.3) is 4.91 Å². The molecule has 0 aliphatic carbocycles. The first-order valence-electron chi connectivity index (χ1n) is 8.76. The van der Waals surface area contributed by atoms with Gasteiger partial charge in [-0.15, -0.1) is 11.8 Å². The summed E-state index contributed by atoms with van der Waals surface area (Å²) < 4.78 is 1.74. The molecule has 1 amide bonds. The van der Waals surface area contributed by atoms with Gasteiger partial charge in [0.1, 0.15) is 0 Å². The molecule has 1 atom stereocenters. The first kappa shape index (κ1) is 17.5. The van der Waals surface area contributed by atoms with Crippen LogP contribution in [0.1, 0.15) is 38.7 Å². The van der Waals surface area contributed by atoms with Crippen molar-refractivity contribution in [3.63, 3.8) is 0 Å². The maximum absolute atomic E-state index is 12.9. The number of hydrogen-bond donors (Lipinski definition) is 1. The van der Waals surface area contributed by atoms with Gasteiger partial charge in [-0.25, -0.2) is 0 Å². The molecule has 24 heavy (non-hydrogen) atoms. The molecule has 0 bridgehead atoms. The number of rotatable bonds is 4. The van der Waals surface area contributed by atoms with Gasteiger partial charge in [-0.3, -0.25) is 9.48 Å².